The Kier molecular flexibility index (Phi) is 4.76. The molecule has 14 heavy (non-hydrogen) atoms. The second-order valence-electron chi connectivity index (χ2n) is 2.34. The van der Waals surface area contributed by atoms with E-state index in [4.69, 9.17) is 5.11 Å². The molecule has 6 heteroatoms. The predicted molar refractivity (Wildman–Crippen MR) is 43.0 cm³/mol. The number of carbonyl (C=O) groups is 2. The van der Waals surface area contributed by atoms with Gasteiger partial charge in [-0.2, -0.15) is 0 Å². The Bertz CT molecular complexity index is 271. The van der Waals surface area contributed by atoms with E-state index < -0.39 is 29.5 Å². The summed E-state index contributed by atoms with van der Waals surface area (Å²) in [6, 6.07) is 0. The van der Waals surface area contributed by atoms with Crippen molar-refractivity contribution in [3.8, 4) is 0 Å². The normalized spacial score (nSPS) is 12.4. The molecule has 0 saturated carbocycles. The fraction of sp³-hybridized carbons (Fsp3) is 0.500. The highest BCUT2D eigenvalue weighted by Gasteiger charge is 2.26. The minimum absolute atomic E-state index is 0.0634. The number of ether oxygens (including phenoxy) is 1. The zero-order valence-electron chi connectivity index (χ0n) is 7.71. The smallest absolute Gasteiger partial charge is 0.345 e. The molecule has 0 fully saturated rings. The Morgan fingerprint density at radius 2 is 1.93 bits per heavy atom. The summed E-state index contributed by atoms with van der Waals surface area (Å²) >= 11 is 0. The van der Waals surface area contributed by atoms with Crippen molar-refractivity contribution < 1.29 is 28.2 Å². The number of hydrogen-bond acceptors (Lipinski definition) is 4. The van der Waals surface area contributed by atoms with Crippen LogP contribution in [0.4, 0.5) is 8.78 Å². The Balaban J connectivity index is 5.04. The van der Waals surface area contributed by atoms with E-state index in [2.05, 4.69) is 4.74 Å². The molecule has 80 valence electrons. The van der Waals surface area contributed by atoms with Gasteiger partial charge in [0.1, 0.15) is 5.57 Å². The van der Waals surface area contributed by atoms with Crippen LogP contribution in [0.5, 0.6) is 0 Å². The molecule has 0 unspecified atom stereocenters. The van der Waals surface area contributed by atoms with Crippen molar-refractivity contribution >= 4 is 11.8 Å². The maximum atomic E-state index is 12.0. The number of ketones is 1. The molecule has 0 heterocycles. The van der Waals surface area contributed by atoms with Crippen molar-refractivity contribution in [2.75, 3.05) is 6.61 Å². The van der Waals surface area contributed by atoms with Gasteiger partial charge in [0, 0.05) is 0 Å². The SMILES string of the molecule is CCOC(=O)/C(C(C)=O)=C(\O)C(F)F. The largest absolute Gasteiger partial charge is 0.506 e. The lowest BCUT2D eigenvalue weighted by Gasteiger charge is -2.06. The molecule has 0 radical (unpaired) electrons. The number of aliphatic hydroxyl groups excluding tert-OH is 1. The van der Waals surface area contributed by atoms with Crippen molar-refractivity contribution in [1.29, 1.82) is 0 Å². The first-order valence-corrected chi connectivity index (χ1v) is 3.81. The van der Waals surface area contributed by atoms with Crippen molar-refractivity contribution in [1.82, 2.24) is 0 Å². The van der Waals surface area contributed by atoms with Gasteiger partial charge in [-0.3, -0.25) is 4.79 Å². The molecule has 4 nitrogen and oxygen atoms in total. The summed E-state index contributed by atoms with van der Waals surface area (Å²) in [5, 5.41) is 8.76. The molecule has 0 aromatic carbocycles. The Hall–Kier alpha value is -1.46. The average molecular weight is 208 g/mol. The highest BCUT2D eigenvalue weighted by molar-refractivity contribution is 6.16. The van der Waals surface area contributed by atoms with Crippen molar-refractivity contribution in [3.63, 3.8) is 0 Å². The summed E-state index contributed by atoms with van der Waals surface area (Å²) in [5.41, 5.74) is -0.998. The van der Waals surface area contributed by atoms with Crippen LogP contribution in [0.2, 0.25) is 0 Å². The number of halogens is 2. The van der Waals surface area contributed by atoms with Crippen LogP contribution in [0, 0.1) is 0 Å². The highest BCUT2D eigenvalue weighted by atomic mass is 19.3. The summed E-state index contributed by atoms with van der Waals surface area (Å²) in [7, 11) is 0. The predicted octanol–water partition coefficient (Wildman–Crippen LogP) is 1.22. The van der Waals surface area contributed by atoms with E-state index in [1.165, 1.54) is 6.92 Å². The summed E-state index contributed by atoms with van der Waals surface area (Å²) in [6.45, 7) is 2.28. The van der Waals surface area contributed by atoms with E-state index in [0.29, 0.717) is 0 Å². The van der Waals surface area contributed by atoms with E-state index >= 15 is 0 Å². The van der Waals surface area contributed by atoms with Gasteiger partial charge in [-0.15, -0.1) is 0 Å². The van der Waals surface area contributed by atoms with Crippen molar-refractivity contribution in [2.24, 2.45) is 0 Å². The number of Topliss-reactive ketones (excluding diaryl/α,β-unsaturated/α-hetero) is 1. The first-order valence-electron chi connectivity index (χ1n) is 3.81. The number of hydrogen-bond donors (Lipinski definition) is 1. The molecular formula is C8H10F2O4. The summed E-state index contributed by atoms with van der Waals surface area (Å²) in [5.74, 6) is -3.74. The number of allylic oxidation sites excluding steroid dienone is 1. The summed E-state index contributed by atoms with van der Waals surface area (Å²) in [6.07, 6.45) is -3.27. The lowest BCUT2D eigenvalue weighted by molar-refractivity contribution is -0.140. The zero-order chi connectivity index (χ0) is 11.3. The Morgan fingerprint density at radius 1 is 1.43 bits per heavy atom. The van der Waals surface area contributed by atoms with E-state index in [1.807, 2.05) is 0 Å². The topological polar surface area (TPSA) is 63.6 Å². The van der Waals surface area contributed by atoms with Crippen LogP contribution in [0.3, 0.4) is 0 Å². The summed E-state index contributed by atoms with van der Waals surface area (Å²) in [4.78, 5) is 21.7. The molecule has 0 aliphatic carbocycles. The highest BCUT2D eigenvalue weighted by Crippen LogP contribution is 2.13. The van der Waals surface area contributed by atoms with E-state index in [9.17, 15) is 18.4 Å². The number of carbonyl (C=O) groups excluding carboxylic acids is 2. The Labute approximate surface area is 79.2 Å². The van der Waals surface area contributed by atoms with Gasteiger partial charge < -0.3 is 9.84 Å². The fourth-order valence-corrected chi connectivity index (χ4v) is 0.741. The molecule has 0 bridgehead atoms. The molecular weight excluding hydrogens is 198 g/mol. The van der Waals surface area contributed by atoms with Crippen LogP contribution in [0.15, 0.2) is 11.3 Å². The maximum absolute atomic E-state index is 12.0. The van der Waals surface area contributed by atoms with Crippen molar-refractivity contribution in [3.05, 3.63) is 11.3 Å². The van der Waals surface area contributed by atoms with Gasteiger partial charge in [-0.25, -0.2) is 13.6 Å². The van der Waals surface area contributed by atoms with Gasteiger partial charge in [0.2, 0.25) is 0 Å². The first kappa shape index (κ1) is 12.5. The second-order valence-corrected chi connectivity index (χ2v) is 2.34. The number of esters is 1. The monoisotopic (exact) mass is 208 g/mol. The van der Waals surface area contributed by atoms with E-state index in [0.717, 1.165) is 6.92 Å². The van der Waals surface area contributed by atoms with E-state index in [-0.39, 0.29) is 6.61 Å². The number of alkyl halides is 2. The molecule has 0 amide bonds. The van der Waals surface area contributed by atoms with Gasteiger partial charge in [0.25, 0.3) is 6.43 Å². The number of rotatable bonds is 4. The van der Waals surface area contributed by atoms with Gasteiger partial charge in [-0.05, 0) is 13.8 Å². The Morgan fingerprint density at radius 3 is 2.21 bits per heavy atom. The molecule has 0 aliphatic heterocycles. The van der Waals surface area contributed by atoms with Crippen LogP contribution in [0.1, 0.15) is 13.8 Å². The van der Waals surface area contributed by atoms with E-state index in [1.54, 1.807) is 0 Å². The second kappa shape index (κ2) is 5.31. The minimum Gasteiger partial charge on any atom is -0.506 e. The van der Waals surface area contributed by atoms with Crippen LogP contribution >= 0.6 is 0 Å². The lowest BCUT2D eigenvalue weighted by atomic mass is 10.1. The quantitative estimate of drug-likeness (QED) is 0.248. The summed E-state index contributed by atoms with van der Waals surface area (Å²) < 4.78 is 28.3. The third-order valence-corrected chi connectivity index (χ3v) is 1.29. The van der Waals surface area contributed by atoms with Crippen LogP contribution in [-0.4, -0.2) is 29.9 Å². The molecule has 1 N–H and O–H groups in total. The lowest BCUT2D eigenvalue weighted by Crippen LogP contribution is -2.18. The molecule has 0 aliphatic rings. The minimum atomic E-state index is -3.27. The van der Waals surface area contributed by atoms with Gasteiger partial charge >= 0.3 is 5.97 Å². The third-order valence-electron chi connectivity index (χ3n) is 1.29. The standard InChI is InChI=1S/C8H10F2O4/c1-3-14-8(13)5(4(2)11)6(12)7(9)10/h7,12H,3H2,1-2H3/b6-5-. The zero-order valence-corrected chi connectivity index (χ0v) is 7.71. The molecule has 0 atom stereocenters. The van der Waals surface area contributed by atoms with Gasteiger partial charge in [0.05, 0.1) is 6.61 Å². The fourth-order valence-electron chi connectivity index (χ4n) is 0.741. The molecule has 0 aromatic rings. The molecule has 0 spiro atoms. The average Bonchev–Trinajstić information content (AvgIpc) is 2.03. The van der Waals surface area contributed by atoms with Gasteiger partial charge in [-0.1, -0.05) is 0 Å². The molecule has 0 saturated heterocycles. The van der Waals surface area contributed by atoms with Crippen LogP contribution in [0.25, 0.3) is 0 Å². The maximum Gasteiger partial charge on any atom is 0.345 e. The van der Waals surface area contributed by atoms with Crippen LogP contribution in [-0.2, 0) is 14.3 Å². The molecule has 0 aromatic heterocycles. The first-order chi connectivity index (χ1) is 6.41. The van der Waals surface area contributed by atoms with Gasteiger partial charge in [0.15, 0.2) is 11.5 Å². The number of aliphatic hydroxyl groups is 1. The third kappa shape index (κ3) is 3.12. The molecule has 0 rings (SSSR count). The van der Waals surface area contributed by atoms with Crippen molar-refractivity contribution in [2.45, 2.75) is 20.3 Å². The van der Waals surface area contributed by atoms with Crippen LogP contribution < -0.4 is 0 Å².